The zero-order chi connectivity index (χ0) is 29.2. The summed E-state index contributed by atoms with van der Waals surface area (Å²) in [4.78, 5) is 22.3. The summed E-state index contributed by atoms with van der Waals surface area (Å²) in [5.74, 6) is 0.286. The minimum atomic E-state index is -0.337. The third-order valence-electron chi connectivity index (χ3n) is 8.27. The first-order valence-corrected chi connectivity index (χ1v) is 14.2. The summed E-state index contributed by atoms with van der Waals surface area (Å²) in [5, 5.41) is 13.6. The number of carbonyl (C=O) groups is 1. The van der Waals surface area contributed by atoms with E-state index in [9.17, 15) is 9.90 Å². The van der Waals surface area contributed by atoms with Crippen LogP contribution in [0.15, 0.2) is 76.4 Å². The zero-order valence-corrected chi connectivity index (χ0v) is 26.7. The van der Waals surface area contributed by atoms with E-state index in [0.717, 1.165) is 62.8 Å². The van der Waals surface area contributed by atoms with Crippen molar-refractivity contribution in [2.75, 3.05) is 0 Å². The monoisotopic (exact) mass is 720 g/mol. The number of allylic oxidation sites excluding steroid dienone is 2. The maximum atomic E-state index is 12.2. The van der Waals surface area contributed by atoms with Crippen LogP contribution in [0.25, 0.3) is 32.9 Å². The molecule has 3 heterocycles. The third-order valence-corrected chi connectivity index (χ3v) is 9.32. The molecule has 4 nitrogen and oxygen atoms in total. The molecule has 6 heteroatoms. The first-order chi connectivity index (χ1) is 19.0. The molecule has 2 aromatic heterocycles. The molecule has 0 atom stereocenters. The van der Waals surface area contributed by atoms with Gasteiger partial charge in [0.1, 0.15) is 5.76 Å². The van der Waals surface area contributed by atoms with Crippen molar-refractivity contribution in [3.63, 3.8) is 0 Å². The Hall–Kier alpha value is -2.53. The number of hydrogen-bond donors (Lipinski definition) is 1. The number of rotatable bonds is 7. The minimum absolute atomic E-state index is 0. The Kier molecular flexibility index (Phi) is 9.17. The van der Waals surface area contributed by atoms with Crippen LogP contribution in [-0.4, -0.2) is 20.9 Å². The van der Waals surface area contributed by atoms with Gasteiger partial charge in [0, 0.05) is 58.8 Å². The molecule has 0 unspecified atom stereocenters. The van der Waals surface area contributed by atoms with Gasteiger partial charge >= 0.3 is 0 Å². The maximum absolute atomic E-state index is 12.2. The molecular formula is C33H37IrN2O2S-. The Labute approximate surface area is 252 Å². The van der Waals surface area contributed by atoms with Gasteiger partial charge in [0.05, 0.1) is 2.74 Å². The van der Waals surface area contributed by atoms with Gasteiger partial charge in [-0.3, -0.25) is 9.78 Å². The van der Waals surface area contributed by atoms with Gasteiger partial charge in [-0.05, 0) is 54.1 Å². The SMILES string of the molecule is CCC(C)(CC)C(=O)/C=C(\O)C(C)(CC)CC.[2H]c1nc2c3c(cccc3c1[2H])Sc1nc3ccccc3[c-]c1-2.[Ir]. The van der Waals surface area contributed by atoms with Crippen molar-refractivity contribution < 1.29 is 32.7 Å². The fraction of sp³-hybridized carbons (Fsp3) is 0.364. The van der Waals surface area contributed by atoms with Crippen LogP contribution in [0.5, 0.6) is 0 Å². The van der Waals surface area contributed by atoms with E-state index in [-0.39, 0.29) is 54.7 Å². The van der Waals surface area contributed by atoms with Crippen molar-refractivity contribution in [3.8, 4) is 11.3 Å². The molecular weight excluding hydrogens is 681 g/mol. The summed E-state index contributed by atoms with van der Waals surface area (Å²) in [6, 6.07) is 17.3. The number of aliphatic hydroxyl groups excluding tert-OH is 1. The van der Waals surface area contributed by atoms with Crippen LogP contribution in [0.1, 0.15) is 70.0 Å². The summed E-state index contributed by atoms with van der Waals surface area (Å²) in [6.07, 6.45) is 4.74. The van der Waals surface area contributed by atoms with Gasteiger partial charge < -0.3 is 10.1 Å². The number of ketones is 1. The van der Waals surface area contributed by atoms with E-state index in [4.69, 9.17) is 7.73 Å². The molecule has 0 fully saturated rings. The van der Waals surface area contributed by atoms with Crippen LogP contribution in [-0.2, 0) is 24.9 Å². The van der Waals surface area contributed by atoms with E-state index in [0.29, 0.717) is 5.69 Å². The largest absolute Gasteiger partial charge is 0.512 e. The van der Waals surface area contributed by atoms with Crippen molar-refractivity contribution in [1.82, 2.24) is 9.97 Å². The molecule has 2 aromatic carbocycles. The van der Waals surface area contributed by atoms with Crippen molar-refractivity contribution in [1.29, 1.82) is 0 Å². The molecule has 0 saturated heterocycles. The minimum Gasteiger partial charge on any atom is -0.512 e. The van der Waals surface area contributed by atoms with Crippen molar-refractivity contribution in [2.24, 2.45) is 10.8 Å². The van der Waals surface area contributed by atoms with Crippen LogP contribution in [0.4, 0.5) is 0 Å². The van der Waals surface area contributed by atoms with Crippen molar-refractivity contribution in [2.45, 2.75) is 77.1 Å². The molecule has 1 aliphatic rings. The summed E-state index contributed by atoms with van der Waals surface area (Å²) in [6.45, 7) is 12.1. The Morgan fingerprint density at radius 1 is 1.03 bits per heavy atom. The van der Waals surface area contributed by atoms with Gasteiger partial charge in [-0.25, -0.2) is 0 Å². The molecule has 0 saturated carbocycles. The van der Waals surface area contributed by atoms with Gasteiger partial charge in [-0.2, -0.15) is 0 Å². The molecule has 39 heavy (non-hydrogen) atoms. The first-order valence-electron chi connectivity index (χ1n) is 14.4. The number of benzene rings is 2. The number of para-hydroxylation sites is 1. The van der Waals surface area contributed by atoms with Crippen LogP contribution < -0.4 is 0 Å². The Bertz CT molecular complexity index is 1610. The average Bonchev–Trinajstić information content (AvgIpc) is 2.98. The molecule has 0 bridgehead atoms. The van der Waals surface area contributed by atoms with Gasteiger partial charge in [0.2, 0.25) is 0 Å². The van der Waals surface area contributed by atoms with Gasteiger partial charge in [-0.1, -0.05) is 82.8 Å². The van der Waals surface area contributed by atoms with Gasteiger partial charge in [0.15, 0.2) is 5.78 Å². The molecule has 5 rings (SSSR count). The fourth-order valence-electron chi connectivity index (χ4n) is 4.40. The summed E-state index contributed by atoms with van der Waals surface area (Å²) < 4.78 is 16.1. The van der Waals surface area contributed by atoms with Gasteiger partial charge in [0.25, 0.3) is 0 Å². The van der Waals surface area contributed by atoms with Crippen LogP contribution in [0.3, 0.4) is 0 Å². The summed E-state index contributed by atoms with van der Waals surface area (Å²) in [7, 11) is 0. The van der Waals surface area contributed by atoms with Gasteiger partial charge in [-0.15, -0.1) is 23.9 Å². The Morgan fingerprint density at radius 3 is 2.36 bits per heavy atom. The van der Waals surface area contributed by atoms with Crippen LogP contribution >= 0.6 is 11.8 Å². The molecule has 1 radical (unpaired) electrons. The summed E-state index contributed by atoms with van der Waals surface area (Å²) in [5.41, 5.74) is 1.83. The standard InChI is InChI=1S/C18H9N2S.C15H28O2.Ir/c1-2-6-14-12(4-1)10-13-17-16-11(8-9-19-17)5-3-7-15(16)21-18(13)20-14;1-7-14(5,8-2)12(16)11-13(17)15(6,9-3)10-4;/h1-9H;11,16H,7-10H2,1-6H3;/q-1;;/b;12-11-;/i8D,9D;;. The number of pyridine rings is 2. The second-order valence-corrected chi connectivity index (χ2v) is 11.4. The second kappa shape index (κ2) is 12.8. The average molecular weight is 720 g/mol. The van der Waals surface area contributed by atoms with Crippen molar-refractivity contribution in [3.05, 3.63) is 72.6 Å². The number of aromatic nitrogens is 2. The molecule has 0 aliphatic carbocycles. The third kappa shape index (κ3) is 6.14. The number of fused-ring (bicyclic) bond motifs is 3. The number of nitrogens with zero attached hydrogens (tertiary/aromatic N) is 2. The predicted octanol–water partition coefficient (Wildman–Crippen LogP) is 9.36. The Balaban J connectivity index is 0.000000233. The molecule has 207 valence electrons. The predicted molar refractivity (Wildman–Crippen MR) is 159 cm³/mol. The van der Waals surface area contributed by atoms with Crippen molar-refractivity contribution >= 4 is 39.2 Å². The molecule has 1 N–H and O–H groups in total. The van der Waals surface area contributed by atoms with E-state index in [1.807, 2.05) is 84.0 Å². The summed E-state index contributed by atoms with van der Waals surface area (Å²) >= 11 is 1.58. The van der Waals surface area contributed by atoms with Crippen LogP contribution in [0, 0.1) is 16.9 Å². The maximum Gasteiger partial charge on any atom is 0.164 e. The Morgan fingerprint density at radius 2 is 1.69 bits per heavy atom. The van der Waals surface area contributed by atoms with E-state index >= 15 is 0 Å². The quantitative estimate of drug-likeness (QED) is 0.103. The number of aliphatic hydroxyl groups is 1. The fourth-order valence-corrected chi connectivity index (χ4v) is 5.45. The molecule has 4 aromatic rings. The molecule has 1 aliphatic heterocycles. The number of hydrogen-bond acceptors (Lipinski definition) is 5. The normalized spacial score (nSPS) is 13.5. The van der Waals surface area contributed by atoms with Crippen LogP contribution in [0.2, 0.25) is 0 Å². The number of carbonyl (C=O) groups excluding carboxylic acids is 1. The van der Waals surface area contributed by atoms with E-state index in [1.54, 1.807) is 11.8 Å². The van der Waals surface area contributed by atoms with E-state index in [2.05, 4.69) is 11.1 Å². The molecule has 0 spiro atoms. The topological polar surface area (TPSA) is 63.1 Å². The smallest absolute Gasteiger partial charge is 0.164 e. The molecule has 0 amide bonds. The van der Waals surface area contributed by atoms with E-state index < -0.39 is 0 Å². The first kappa shape index (κ1) is 28.0. The second-order valence-electron chi connectivity index (χ2n) is 10.3. The van der Waals surface area contributed by atoms with E-state index in [1.165, 1.54) is 6.08 Å². The zero-order valence-electron chi connectivity index (χ0n) is 25.4.